The Morgan fingerprint density at radius 3 is 2.61 bits per heavy atom. The maximum Gasteiger partial charge on any atom is 0.236 e. The van der Waals surface area contributed by atoms with E-state index in [1.165, 1.54) is 0 Å². The molecule has 1 atom stereocenters. The summed E-state index contributed by atoms with van der Waals surface area (Å²) in [6.45, 7) is 7.63. The van der Waals surface area contributed by atoms with Crippen LogP contribution in [0.2, 0.25) is 0 Å². The molecule has 2 rings (SSSR count). The van der Waals surface area contributed by atoms with Gasteiger partial charge in [0.15, 0.2) is 5.84 Å². The number of carbonyl (C=O) groups excluding carboxylic acids is 1. The Morgan fingerprint density at radius 2 is 2.17 bits per heavy atom. The van der Waals surface area contributed by atoms with E-state index in [9.17, 15) is 4.79 Å². The highest BCUT2D eigenvalue weighted by Crippen LogP contribution is 2.47. The zero-order chi connectivity index (χ0) is 13.3. The molecule has 0 aromatic carbocycles. The van der Waals surface area contributed by atoms with Crippen molar-refractivity contribution in [3.05, 3.63) is 0 Å². The molecule has 1 aliphatic carbocycles. The molecule has 102 valence electrons. The van der Waals surface area contributed by atoms with E-state index in [-0.39, 0.29) is 11.7 Å². The number of oxime groups is 1. The molecule has 1 aliphatic heterocycles. The van der Waals surface area contributed by atoms with Gasteiger partial charge < -0.3 is 15.8 Å². The number of nitrogens with two attached hydrogens (primary N) is 1. The molecular formula is C12H22N4O2. The Labute approximate surface area is 107 Å². The molecule has 6 heteroatoms. The van der Waals surface area contributed by atoms with Gasteiger partial charge in [0.1, 0.15) is 5.41 Å². The Balaban J connectivity index is 2.04. The molecule has 1 heterocycles. The summed E-state index contributed by atoms with van der Waals surface area (Å²) in [6.07, 6.45) is 1.40. The first-order valence-corrected chi connectivity index (χ1v) is 6.56. The van der Waals surface area contributed by atoms with Crippen LogP contribution in [0.3, 0.4) is 0 Å². The summed E-state index contributed by atoms with van der Waals surface area (Å²) in [5.41, 5.74) is 4.95. The van der Waals surface area contributed by atoms with E-state index in [4.69, 9.17) is 10.9 Å². The van der Waals surface area contributed by atoms with Gasteiger partial charge in [0.2, 0.25) is 5.91 Å². The van der Waals surface area contributed by atoms with Gasteiger partial charge in [-0.1, -0.05) is 12.1 Å². The van der Waals surface area contributed by atoms with Crippen LogP contribution >= 0.6 is 0 Å². The van der Waals surface area contributed by atoms with Crippen LogP contribution in [0.4, 0.5) is 0 Å². The van der Waals surface area contributed by atoms with E-state index < -0.39 is 5.41 Å². The third-order valence-corrected chi connectivity index (χ3v) is 4.22. The summed E-state index contributed by atoms with van der Waals surface area (Å²) in [5.74, 6) is 0.0958. The average Bonchev–Trinajstić information content (AvgIpc) is 3.18. The second-order valence-corrected chi connectivity index (χ2v) is 5.30. The summed E-state index contributed by atoms with van der Waals surface area (Å²) in [4.78, 5) is 16.7. The highest BCUT2D eigenvalue weighted by atomic mass is 16.4. The van der Waals surface area contributed by atoms with Crippen molar-refractivity contribution in [2.24, 2.45) is 16.3 Å². The number of amides is 1. The largest absolute Gasteiger partial charge is 0.409 e. The Kier molecular flexibility index (Phi) is 3.47. The minimum atomic E-state index is -0.706. The fourth-order valence-electron chi connectivity index (χ4n) is 2.75. The predicted molar refractivity (Wildman–Crippen MR) is 68.4 cm³/mol. The minimum absolute atomic E-state index is 0.0282. The van der Waals surface area contributed by atoms with Gasteiger partial charge in [0.05, 0.1) is 0 Å². The quantitative estimate of drug-likeness (QED) is 0.323. The van der Waals surface area contributed by atoms with Crippen LogP contribution in [-0.4, -0.2) is 59.0 Å². The summed E-state index contributed by atoms with van der Waals surface area (Å²) >= 11 is 0. The zero-order valence-corrected chi connectivity index (χ0v) is 11.1. The second kappa shape index (κ2) is 4.76. The van der Waals surface area contributed by atoms with Gasteiger partial charge in [-0.05, 0) is 26.3 Å². The highest BCUT2D eigenvalue weighted by Gasteiger charge is 2.56. The van der Waals surface area contributed by atoms with Crippen molar-refractivity contribution in [1.82, 2.24) is 9.80 Å². The molecule has 0 aromatic heterocycles. The molecule has 2 aliphatic rings. The van der Waals surface area contributed by atoms with Crippen molar-refractivity contribution in [2.45, 2.75) is 32.7 Å². The van der Waals surface area contributed by atoms with Crippen LogP contribution < -0.4 is 5.73 Å². The molecule has 18 heavy (non-hydrogen) atoms. The van der Waals surface area contributed by atoms with E-state index >= 15 is 0 Å². The minimum Gasteiger partial charge on any atom is -0.409 e. The van der Waals surface area contributed by atoms with Crippen LogP contribution in [0.1, 0.15) is 26.7 Å². The summed E-state index contributed by atoms with van der Waals surface area (Å²) in [7, 11) is 0. The number of piperazine rings is 1. The number of hydrogen-bond acceptors (Lipinski definition) is 4. The monoisotopic (exact) mass is 254 g/mol. The molecule has 0 bridgehead atoms. The predicted octanol–water partition coefficient (Wildman–Crippen LogP) is 0.0656. The van der Waals surface area contributed by atoms with Crippen LogP contribution in [0, 0.1) is 5.41 Å². The molecule has 0 spiro atoms. The molecule has 2 fully saturated rings. The zero-order valence-electron chi connectivity index (χ0n) is 11.1. The van der Waals surface area contributed by atoms with Crippen molar-refractivity contribution < 1.29 is 10.0 Å². The first kappa shape index (κ1) is 13.1. The Bertz CT molecular complexity index is 365. The van der Waals surface area contributed by atoms with Crippen molar-refractivity contribution >= 4 is 11.7 Å². The van der Waals surface area contributed by atoms with Crippen molar-refractivity contribution in [2.75, 3.05) is 26.2 Å². The van der Waals surface area contributed by atoms with Crippen LogP contribution in [0.5, 0.6) is 0 Å². The number of amidine groups is 1. The van der Waals surface area contributed by atoms with E-state index in [0.29, 0.717) is 18.9 Å². The van der Waals surface area contributed by atoms with Crippen molar-refractivity contribution in [1.29, 1.82) is 0 Å². The lowest BCUT2D eigenvalue weighted by atomic mass is 10.0. The fourth-order valence-corrected chi connectivity index (χ4v) is 2.75. The van der Waals surface area contributed by atoms with Gasteiger partial charge in [-0.25, -0.2) is 0 Å². The van der Waals surface area contributed by atoms with Gasteiger partial charge in [-0.2, -0.15) is 0 Å². The number of rotatable bonds is 3. The molecule has 1 saturated carbocycles. The van der Waals surface area contributed by atoms with Crippen molar-refractivity contribution in [3.8, 4) is 0 Å². The van der Waals surface area contributed by atoms with E-state index in [0.717, 1.165) is 26.2 Å². The fraction of sp³-hybridized carbons (Fsp3) is 0.833. The third-order valence-electron chi connectivity index (χ3n) is 4.22. The Hall–Kier alpha value is -1.30. The van der Waals surface area contributed by atoms with Gasteiger partial charge in [-0.3, -0.25) is 9.69 Å². The molecule has 1 saturated heterocycles. The lowest BCUT2D eigenvalue weighted by Gasteiger charge is -2.40. The van der Waals surface area contributed by atoms with Gasteiger partial charge in [0.25, 0.3) is 0 Å². The molecule has 3 N–H and O–H groups in total. The topological polar surface area (TPSA) is 82.2 Å². The Morgan fingerprint density at radius 1 is 1.50 bits per heavy atom. The standard InChI is InChI=1S/C12H22N4O2/c1-3-15-6-7-16(8-9(15)2)11(17)12(4-5-12)10(13)14-18/h9,18H,3-8H2,1-2H3,(H2,13,14). The number of nitrogens with zero attached hydrogens (tertiary/aromatic N) is 3. The maximum absolute atomic E-state index is 12.5. The summed E-state index contributed by atoms with van der Waals surface area (Å²) in [6, 6.07) is 0.371. The smallest absolute Gasteiger partial charge is 0.236 e. The summed E-state index contributed by atoms with van der Waals surface area (Å²) in [5, 5.41) is 11.8. The molecular weight excluding hydrogens is 232 g/mol. The first-order valence-electron chi connectivity index (χ1n) is 6.56. The molecule has 0 aromatic rings. The van der Waals surface area contributed by atoms with Gasteiger partial charge in [0, 0.05) is 25.7 Å². The van der Waals surface area contributed by atoms with E-state index in [2.05, 4.69) is 23.9 Å². The highest BCUT2D eigenvalue weighted by molar-refractivity contribution is 6.09. The maximum atomic E-state index is 12.5. The normalized spacial score (nSPS) is 28.2. The van der Waals surface area contributed by atoms with Crippen LogP contribution in [0.25, 0.3) is 0 Å². The lowest BCUT2D eigenvalue weighted by Crippen LogP contribution is -2.56. The third kappa shape index (κ3) is 2.05. The summed E-state index contributed by atoms with van der Waals surface area (Å²) < 4.78 is 0. The van der Waals surface area contributed by atoms with Crippen molar-refractivity contribution in [3.63, 3.8) is 0 Å². The van der Waals surface area contributed by atoms with Crippen LogP contribution in [-0.2, 0) is 4.79 Å². The second-order valence-electron chi connectivity index (χ2n) is 5.30. The molecule has 6 nitrogen and oxygen atoms in total. The van der Waals surface area contributed by atoms with Gasteiger partial charge in [-0.15, -0.1) is 0 Å². The SMILES string of the molecule is CCN1CCN(C(=O)C2(C(N)=NO)CC2)CC1C. The average molecular weight is 254 g/mol. The molecule has 0 radical (unpaired) electrons. The number of carbonyl (C=O) groups is 1. The first-order chi connectivity index (χ1) is 8.55. The molecule has 1 unspecified atom stereocenters. The van der Waals surface area contributed by atoms with E-state index in [1.807, 2.05) is 4.90 Å². The lowest BCUT2D eigenvalue weighted by molar-refractivity contribution is -0.137. The van der Waals surface area contributed by atoms with Crippen LogP contribution in [0.15, 0.2) is 5.16 Å². The molecule has 1 amide bonds. The number of likely N-dealkylation sites (N-methyl/N-ethyl adjacent to an activating group) is 1. The van der Waals surface area contributed by atoms with E-state index in [1.54, 1.807) is 0 Å². The number of hydrogen-bond donors (Lipinski definition) is 2. The van der Waals surface area contributed by atoms with Gasteiger partial charge >= 0.3 is 0 Å².